The van der Waals surface area contributed by atoms with Crippen molar-refractivity contribution < 1.29 is 9.59 Å². The van der Waals surface area contributed by atoms with Crippen LogP contribution in [0.5, 0.6) is 0 Å². The lowest BCUT2D eigenvalue weighted by Gasteiger charge is -2.19. The molecular formula is C44H42N4O2. The van der Waals surface area contributed by atoms with Crippen LogP contribution in [0.15, 0.2) is 84.9 Å². The first-order chi connectivity index (χ1) is 23.7. The molecule has 0 saturated carbocycles. The molecule has 2 heterocycles. The highest BCUT2D eigenvalue weighted by molar-refractivity contribution is 5.96. The number of aromatic amines is 2. The van der Waals surface area contributed by atoms with Gasteiger partial charge in [-0.3, -0.25) is 9.59 Å². The average molecular weight is 659 g/mol. The number of hydrogen-bond acceptors (Lipinski definition) is 2. The van der Waals surface area contributed by atoms with Gasteiger partial charge in [-0.25, -0.2) is 0 Å². The molecule has 4 aromatic carbocycles. The number of rotatable bonds is 3. The summed E-state index contributed by atoms with van der Waals surface area (Å²) in [6, 6.07) is 27.9. The van der Waals surface area contributed by atoms with Crippen molar-refractivity contribution in [2.75, 3.05) is 14.1 Å². The highest BCUT2D eigenvalue weighted by Crippen LogP contribution is 2.35. The van der Waals surface area contributed by atoms with Crippen LogP contribution in [-0.4, -0.2) is 35.9 Å². The van der Waals surface area contributed by atoms with Crippen molar-refractivity contribution >= 4 is 33.6 Å². The highest BCUT2D eigenvalue weighted by Gasteiger charge is 2.20. The number of carbonyl (C=O) groups is 2. The van der Waals surface area contributed by atoms with Crippen LogP contribution < -0.4 is 10.6 Å². The van der Waals surface area contributed by atoms with Gasteiger partial charge in [0.1, 0.15) is 0 Å². The predicted octanol–water partition coefficient (Wildman–Crippen LogP) is 8.43. The molecule has 6 rings (SSSR count). The monoisotopic (exact) mass is 658 g/mol. The molecule has 6 nitrogen and oxygen atoms in total. The Balaban J connectivity index is 1.47. The van der Waals surface area contributed by atoms with Crippen LogP contribution in [0.4, 0.5) is 0 Å². The molecule has 2 amide bonds. The molecule has 50 heavy (non-hydrogen) atoms. The van der Waals surface area contributed by atoms with Gasteiger partial charge in [-0.1, -0.05) is 77.4 Å². The highest BCUT2D eigenvalue weighted by atomic mass is 16.2. The number of carbonyl (C=O) groups excluding carboxylic acids is 2. The quantitative estimate of drug-likeness (QED) is 0.144. The number of fused-ring (bicyclic) bond motifs is 2. The molecule has 2 aromatic heterocycles. The Labute approximate surface area is 294 Å². The molecule has 0 fully saturated rings. The van der Waals surface area contributed by atoms with E-state index in [9.17, 15) is 9.59 Å². The summed E-state index contributed by atoms with van der Waals surface area (Å²) in [7, 11) is 3.25. The summed E-state index contributed by atoms with van der Waals surface area (Å²) in [4.78, 5) is 31.8. The van der Waals surface area contributed by atoms with E-state index in [-0.39, 0.29) is 22.6 Å². The van der Waals surface area contributed by atoms with Crippen LogP contribution in [-0.2, 0) is 10.8 Å². The summed E-state index contributed by atoms with van der Waals surface area (Å²) in [5, 5.41) is 7.50. The Hall–Kier alpha value is -5.98. The Kier molecular flexibility index (Phi) is 8.91. The van der Waals surface area contributed by atoms with E-state index in [1.165, 1.54) is 11.1 Å². The molecule has 6 aromatic rings. The van der Waals surface area contributed by atoms with Crippen LogP contribution in [0.25, 0.3) is 33.2 Å². The van der Waals surface area contributed by atoms with Crippen molar-refractivity contribution in [2.24, 2.45) is 0 Å². The van der Waals surface area contributed by atoms with Crippen LogP contribution in [0, 0.1) is 23.7 Å². The maximum atomic E-state index is 12.2. The third kappa shape index (κ3) is 7.07. The smallest absolute Gasteiger partial charge is 0.251 e. The Bertz CT molecular complexity index is 2250. The van der Waals surface area contributed by atoms with Crippen molar-refractivity contribution in [1.82, 2.24) is 20.6 Å². The molecule has 0 saturated heterocycles. The minimum atomic E-state index is -0.142. The summed E-state index contributed by atoms with van der Waals surface area (Å²) >= 11 is 0. The standard InChI is InChI=1S/C44H42N4O2/c1-43(2,3)35-21-29(17-15-27-11-9-13-31(19-27)41(49)45-7)39-33(23-35)25-37(47-39)38-26-34-24-36(44(4,5)6)22-30(40(34)48-38)18-16-28-12-10-14-32(20-28)42(50)46-8/h9-14,19-26,47-48H,1-8H3,(H,45,49)(H,46,50). The SMILES string of the molecule is CNC(=O)c1cccc(C#Cc2cc(C(C)(C)C)cc3cc(-c4cc5cc(C(C)(C)C)cc(C#Cc6cccc(C(=O)NC)c6)c5[nH]4)[nH]c23)c1. The van der Waals surface area contributed by atoms with Crippen LogP contribution >= 0.6 is 0 Å². The van der Waals surface area contributed by atoms with Gasteiger partial charge >= 0.3 is 0 Å². The average Bonchev–Trinajstić information content (AvgIpc) is 3.73. The molecular weight excluding hydrogens is 617 g/mol. The van der Waals surface area contributed by atoms with Gasteiger partial charge in [-0.2, -0.15) is 0 Å². The van der Waals surface area contributed by atoms with E-state index in [4.69, 9.17) is 0 Å². The van der Waals surface area contributed by atoms with Crippen molar-refractivity contribution in [3.8, 4) is 35.1 Å². The van der Waals surface area contributed by atoms with Crippen LogP contribution in [0.2, 0.25) is 0 Å². The van der Waals surface area contributed by atoms with Gasteiger partial charge in [0.15, 0.2) is 0 Å². The van der Waals surface area contributed by atoms with E-state index < -0.39 is 0 Å². The predicted molar refractivity (Wildman–Crippen MR) is 205 cm³/mol. The minimum Gasteiger partial charge on any atom is -0.355 e. The van der Waals surface area contributed by atoms with E-state index in [1.807, 2.05) is 36.4 Å². The summed E-state index contributed by atoms with van der Waals surface area (Å²) in [5.41, 5.74) is 10.5. The molecule has 6 heteroatoms. The first kappa shape index (κ1) is 33.9. The van der Waals surface area contributed by atoms with Crippen LogP contribution in [0.1, 0.15) is 95.6 Å². The summed E-state index contributed by atoms with van der Waals surface area (Å²) < 4.78 is 0. The lowest BCUT2D eigenvalue weighted by molar-refractivity contribution is 0.0955. The number of hydrogen-bond donors (Lipinski definition) is 4. The molecule has 0 radical (unpaired) electrons. The zero-order chi connectivity index (χ0) is 35.8. The summed E-state index contributed by atoms with van der Waals surface area (Å²) in [5.74, 6) is 13.1. The van der Waals surface area contributed by atoms with Gasteiger partial charge < -0.3 is 20.6 Å². The zero-order valence-electron chi connectivity index (χ0n) is 29.9. The van der Waals surface area contributed by atoms with Gasteiger partial charge in [0.05, 0.1) is 22.4 Å². The Morgan fingerprint density at radius 2 is 0.940 bits per heavy atom. The molecule has 0 atom stereocenters. The third-order valence-corrected chi connectivity index (χ3v) is 8.87. The van der Waals surface area contributed by atoms with Gasteiger partial charge in [0.2, 0.25) is 0 Å². The zero-order valence-corrected chi connectivity index (χ0v) is 29.9. The fraction of sp³-hybridized carbons (Fsp3) is 0.227. The summed E-state index contributed by atoms with van der Waals surface area (Å²) in [6.45, 7) is 13.2. The van der Waals surface area contributed by atoms with E-state index in [1.54, 1.807) is 26.2 Å². The van der Waals surface area contributed by atoms with Crippen molar-refractivity contribution in [3.63, 3.8) is 0 Å². The van der Waals surface area contributed by atoms with Gasteiger partial charge in [-0.05, 0) is 94.8 Å². The van der Waals surface area contributed by atoms with E-state index in [0.717, 1.165) is 55.4 Å². The minimum absolute atomic E-state index is 0.0842. The largest absolute Gasteiger partial charge is 0.355 e. The van der Waals surface area contributed by atoms with Crippen molar-refractivity contribution in [1.29, 1.82) is 0 Å². The number of amides is 2. The molecule has 0 bridgehead atoms. The van der Waals surface area contributed by atoms with Gasteiger partial charge in [0.25, 0.3) is 11.8 Å². The lowest BCUT2D eigenvalue weighted by atomic mass is 9.85. The molecule has 0 aliphatic carbocycles. The van der Waals surface area contributed by atoms with Crippen molar-refractivity contribution in [3.05, 3.63) is 129 Å². The molecule has 0 aliphatic rings. The molecule has 0 unspecified atom stereocenters. The lowest BCUT2D eigenvalue weighted by Crippen LogP contribution is -2.17. The van der Waals surface area contributed by atoms with Crippen molar-refractivity contribution in [2.45, 2.75) is 52.4 Å². The molecule has 4 N–H and O–H groups in total. The number of H-pyrrole nitrogens is 2. The molecule has 0 spiro atoms. The number of aromatic nitrogens is 2. The number of nitrogens with one attached hydrogen (secondary N) is 4. The molecule has 250 valence electrons. The van der Waals surface area contributed by atoms with Gasteiger partial charge in [-0.15, -0.1) is 0 Å². The normalized spacial score (nSPS) is 11.4. The second kappa shape index (κ2) is 13.1. The second-order valence-electron chi connectivity index (χ2n) is 14.7. The topological polar surface area (TPSA) is 89.8 Å². The Morgan fingerprint density at radius 3 is 1.30 bits per heavy atom. The molecule has 0 aliphatic heterocycles. The maximum absolute atomic E-state index is 12.2. The summed E-state index contributed by atoms with van der Waals surface area (Å²) in [6.07, 6.45) is 0. The van der Waals surface area contributed by atoms with E-state index in [2.05, 4.69) is 122 Å². The maximum Gasteiger partial charge on any atom is 0.251 e. The van der Waals surface area contributed by atoms with E-state index >= 15 is 0 Å². The second-order valence-corrected chi connectivity index (χ2v) is 14.7. The third-order valence-electron chi connectivity index (χ3n) is 8.87. The van der Waals surface area contributed by atoms with Crippen LogP contribution in [0.3, 0.4) is 0 Å². The number of benzene rings is 4. The fourth-order valence-corrected chi connectivity index (χ4v) is 5.89. The Morgan fingerprint density at radius 1 is 0.540 bits per heavy atom. The van der Waals surface area contributed by atoms with E-state index in [0.29, 0.717) is 11.1 Å². The first-order valence-corrected chi connectivity index (χ1v) is 16.8. The first-order valence-electron chi connectivity index (χ1n) is 16.8. The van der Waals surface area contributed by atoms with Gasteiger partial charge in [0, 0.05) is 58.2 Å². The fourth-order valence-electron chi connectivity index (χ4n) is 5.89.